The van der Waals surface area contributed by atoms with Gasteiger partial charge < -0.3 is 15.0 Å². The van der Waals surface area contributed by atoms with Crippen molar-refractivity contribution < 1.29 is 14.3 Å². The van der Waals surface area contributed by atoms with Crippen LogP contribution in [0.15, 0.2) is 35.9 Å². The highest BCUT2D eigenvalue weighted by Gasteiger charge is 2.47. The summed E-state index contributed by atoms with van der Waals surface area (Å²) in [7, 11) is 1.43. The van der Waals surface area contributed by atoms with Crippen molar-refractivity contribution in [3.8, 4) is 0 Å². The Balaban J connectivity index is 1.52. The zero-order valence-corrected chi connectivity index (χ0v) is 16.8. The number of nitrogens with zero attached hydrogens (tertiary/aromatic N) is 1. The molecule has 0 radical (unpaired) electrons. The van der Waals surface area contributed by atoms with E-state index in [1.54, 1.807) is 11.3 Å². The highest BCUT2D eigenvalue weighted by atomic mass is 32.1. The monoisotopic (exact) mass is 396 g/mol. The van der Waals surface area contributed by atoms with Crippen LogP contribution in [0.5, 0.6) is 0 Å². The first-order chi connectivity index (χ1) is 13.7. The summed E-state index contributed by atoms with van der Waals surface area (Å²) < 4.78 is 6.37. The van der Waals surface area contributed by atoms with E-state index < -0.39 is 0 Å². The van der Waals surface area contributed by atoms with Crippen LogP contribution in [0.25, 0.3) is 15.7 Å². The van der Waals surface area contributed by atoms with Crippen LogP contribution < -0.4 is 5.32 Å². The van der Waals surface area contributed by atoms with Crippen LogP contribution >= 0.6 is 11.3 Å². The largest absolute Gasteiger partial charge is 0.466 e. The third-order valence-corrected chi connectivity index (χ3v) is 7.38. The molecule has 1 saturated carbocycles. The summed E-state index contributed by atoms with van der Waals surface area (Å²) in [6.45, 7) is 0.745. The third-order valence-electron chi connectivity index (χ3n) is 6.20. The third kappa shape index (κ3) is 3.00. The average molecular weight is 397 g/mol. The van der Waals surface area contributed by atoms with Gasteiger partial charge in [-0.05, 0) is 61.1 Å². The summed E-state index contributed by atoms with van der Waals surface area (Å²) >= 11 is 1.71. The number of urea groups is 1. The van der Waals surface area contributed by atoms with Crippen LogP contribution in [0, 0.1) is 5.92 Å². The number of thiophene rings is 1. The van der Waals surface area contributed by atoms with E-state index in [0.29, 0.717) is 17.9 Å². The lowest BCUT2D eigenvalue weighted by Crippen LogP contribution is -2.51. The molecule has 0 spiro atoms. The van der Waals surface area contributed by atoms with E-state index >= 15 is 0 Å². The standard InChI is InChI=1S/C22H24N2O3S/c1-27-21(25)20-16(19-10-14-4-2-3-5-18(14)28-19)11-15-8-9-17(20)24(15)22(26)23-12-13-6-7-13/h2-5,10,13,15,17H,6-9,11-12H2,1H3,(H,23,26)/t15-,17+/m0/s1. The van der Waals surface area contributed by atoms with Gasteiger partial charge >= 0.3 is 12.0 Å². The highest BCUT2D eigenvalue weighted by Crippen LogP contribution is 2.45. The molecular formula is C22H24N2O3S. The van der Waals surface area contributed by atoms with Crippen LogP contribution in [-0.2, 0) is 9.53 Å². The first-order valence-electron chi connectivity index (χ1n) is 10.0. The van der Waals surface area contributed by atoms with Gasteiger partial charge in [-0.3, -0.25) is 0 Å². The van der Waals surface area contributed by atoms with Crippen LogP contribution in [0.3, 0.4) is 0 Å². The minimum atomic E-state index is -0.308. The van der Waals surface area contributed by atoms with Gasteiger partial charge in [-0.25, -0.2) is 9.59 Å². The zero-order valence-electron chi connectivity index (χ0n) is 15.9. The molecule has 3 heterocycles. The normalized spacial score (nSPS) is 24.0. The van der Waals surface area contributed by atoms with Gasteiger partial charge in [0.2, 0.25) is 0 Å². The summed E-state index contributed by atoms with van der Waals surface area (Å²) in [6, 6.07) is 10.4. The number of ether oxygens (including phenoxy) is 1. The first-order valence-corrected chi connectivity index (χ1v) is 10.8. The minimum Gasteiger partial charge on any atom is -0.466 e. The molecule has 1 aromatic carbocycles. The van der Waals surface area contributed by atoms with E-state index in [-0.39, 0.29) is 24.1 Å². The molecule has 0 unspecified atom stereocenters. The molecule has 1 saturated heterocycles. The van der Waals surface area contributed by atoms with E-state index in [2.05, 4.69) is 23.5 Å². The zero-order chi connectivity index (χ0) is 19.3. The molecule has 2 atom stereocenters. The van der Waals surface area contributed by atoms with Crippen molar-refractivity contribution in [2.24, 2.45) is 5.92 Å². The molecular weight excluding hydrogens is 372 g/mol. The smallest absolute Gasteiger partial charge is 0.336 e. The van der Waals surface area contributed by atoms with E-state index in [4.69, 9.17) is 4.74 Å². The van der Waals surface area contributed by atoms with Crippen molar-refractivity contribution in [1.82, 2.24) is 10.2 Å². The number of benzene rings is 1. The van der Waals surface area contributed by atoms with E-state index in [0.717, 1.165) is 29.8 Å². The second-order valence-corrected chi connectivity index (χ2v) is 9.10. The van der Waals surface area contributed by atoms with Gasteiger partial charge in [0.1, 0.15) is 0 Å². The summed E-state index contributed by atoms with van der Waals surface area (Å²) in [4.78, 5) is 28.7. The molecule has 146 valence electrons. The molecule has 5 nitrogen and oxygen atoms in total. The Kier molecular flexibility index (Phi) is 4.38. The molecule has 1 aliphatic carbocycles. The highest BCUT2D eigenvalue weighted by molar-refractivity contribution is 7.20. The Morgan fingerprint density at radius 3 is 2.79 bits per heavy atom. The molecule has 2 bridgehead atoms. The molecule has 1 N–H and O–H groups in total. The number of methoxy groups -OCH3 is 1. The number of esters is 1. The van der Waals surface area contributed by atoms with Gasteiger partial charge in [0, 0.05) is 22.2 Å². The molecule has 5 rings (SSSR count). The lowest BCUT2D eigenvalue weighted by molar-refractivity contribution is -0.136. The summed E-state index contributed by atoms with van der Waals surface area (Å²) in [5, 5.41) is 4.27. The van der Waals surface area contributed by atoms with E-state index in [9.17, 15) is 9.59 Å². The van der Waals surface area contributed by atoms with E-state index in [1.165, 1.54) is 30.0 Å². The Morgan fingerprint density at radius 1 is 1.21 bits per heavy atom. The molecule has 1 aromatic heterocycles. The maximum atomic E-state index is 12.9. The number of rotatable bonds is 4. The number of amides is 2. The summed E-state index contributed by atoms with van der Waals surface area (Å²) in [5.74, 6) is 0.328. The van der Waals surface area contributed by atoms with Crippen LogP contribution in [0.1, 0.15) is 37.0 Å². The van der Waals surface area contributed by atoms with Crippen molar-refractivity contribution >= 4 is 39.0 Å². The number of hydrogen-bond acceptors (Lipinski definition) is 4. The number of carbonyl (C=O) groups is 2. The molecule has 6 heteroatoms. The predicted molar refractivity (Wildman–Crippen MR) is 110 cm³/mol. The fourth-order valence-electron chi connectivity index (χ4n) is 4.60. The van der Waals surface area contributed by atoms with Gasteiger partial charge in [0.05, 0.1) is 18.7 Å². The second-order valence-electron chi connectivity index (χ2n) is 8.02. The first kappa shape index (κ1) is 17.7. The quantitative estimate of drug-likeness (QED) is 0.789. The Morgan fingerprint density at radius 2 is 2.04 bits per heavy atom. The lowest BCUT2D eigenvalue weighted by Gasteiger charge is -2.36. The number of nitrogens with one attached hydrogen (secondary N) is 1. The maximum Gasteiger partial charge on any atom is 0.336 e. The molecule has 28 heavy (non-hydrogen) atoms. The topological polar surface area (TPSA) is 58.6 Å². The van der Waals surface area contributed by atoms with Crippen molar-refractivity contribution in [2.75, 3.05) is 13.7 Å². The Hall–Kier alpha value is -2.34. The fraction of sp³-hybridized carbons (Fsp3) is 0.455. The molecule has 2 amide bonds. The Labute approximate surface area is 168 Å². The SMILES string of the molecule is COC(=O)C1=C(c2cc3ccccc3s2)C[C@@H]2CC[C@H]1N2C(=O)NCC1CC1. The Bertz CT molecular complexity index is 942. The van der Waals surface area contributed by atoms with E-state index in [1.807, 2.05) is 17.0 Å². The number of hydrogen-bond donors (Lipinski definition) is 1. The summed E-state index contributed by atoms with van der Waals surface area (Å²) in [6.07, 6.45) is 4.87. The number of fused-ring (bicyclic) bond motifs is 3. The molecule has 2 fully saturated rings. The van der Waals surface area contributed by atoms with Crippen molar-refractivity contribution in [2.45, 2.75) is 44.2 Å². The fourth-order valence-corrected chi connectivity index (χ4v) is 5.73. The van der Waals surface area contributed by atoms with Crippen LogP contribution in [0.4, 0.5) is 4.79 Å². The average Bonchev–Trinajstić information content (AvgIpc) is 3.36. The lowest BCUT2D eigenvalue weighted by atomic mass is 9.92. The van der Waals surface area contributed by atoms with Crippen LogP contribution in [0.2, 0.25) is 0 Å². The van der Waals surface area contributed by atoms with Crippen molar-refractivity contribution in [1.29, 1.82) is 0 Å². The maximum absolute atomic E-state index is 12.9. The predicted octanol–water partition coefficient (Wildman–Crippen LogP) is 4.18. The molecule has 2 aliphatic heterocycles. The minimum absolute atomic E-state index is 0.0313. The summed E-state index contributed by atoms with van der Waals surface area (Å²) in [5.41, 5.74) is 1.73. The van der Waals surface area contributed by atoms with Crippen molar-refractivity contribution in [3.63, 3.8) is 0 Å². The number of carbonyl (C=O) groups excluding carboxylic acids is 2. The van der Waals surface area contributed by atoms with Gasteiger partial charge in [0.15, 0.2) is 0 Å². The molecule has 2 aromatic rings. The van der Waals surface area contributed by atoms with Crippen LogP contribution in [-0.4, -0.2) is 42.6 Å². The second kappa shape index (κ2) is 6.92. The van der Waals surface area contributed by atoms with Gasteiger partial charge in [-0.2, -0.15) is 0 Å². The molecule has 3 aliphatic rings. The van der Waals surface area contributed by atoms with Gasteiger partial charge in [0.25, 0.3) is 0 Å². The van der Waals surface area contributed by atoms with Gasteiger partial charge in [-0.15, -0.1) is 11.3 Å². The van der Waals surface area contributed by atoms with Gasteiger partial charge in [-0.1, -0.05) is 18.2 Å². The van der Waals surface area contributed by atoms with Crippen molar-refractivity contribution in [3.05, 3.63) is 40.8 Å².